The highest BCUT2D eigenvalue weighted by Crippen LogP contribution is 2.28. The van der Waals surface area contributed by atoms with Crippen LogP contribution in [0.3, 0.4) is 0 Å². The smallest absolute Gasteiger partial charge is 0.245 e. The van der Waals surface area contributed by atoms with E-state index in [-0.39, 0.29) is 12.5 Å². The second kappa shape index (κ2) is 8.47. The molecule has 2 amide bonds. The van der Waals surface area contributed by atoms with Crippen LogP contribution in [0.15, 0.2) is 36.4 Å². The second-order valence-electron chi connectivity index (χ2n) is 7.74. The van der Waals surface area contributed by atoms with Crippen molar-refractivity contribution >= 4 is 38.9 Å². The Labute approximate surface area is 177 Å². The summed E-state index contributed by atoms with van der Waals surface area (Å²) >= 11 is 0. The number of nitrogens with one attached hydrogen (secondary N) is 1. The molecular formula is C22H27N3O4S. The number of aryl methyl sites for hydroxylation is 3. The van der Waals surface area contributed by atoms with Crippen LogP contribution < -0.4 is 14.5 Å². The zero-order chi connectivity index (χ0) is 22.1. The van der Waals surface area contributed by atoms with Crippen LogP contribution in [-0.4, -0.2) is 39.6 Å². The van der Waals surface area contributed by atoms with Crippen molar-refractivity contribution in [1.82, 2.24) is 0 Å². The second-order valence-corrected chi connectivity index (χ2v) is 9.64. The van der Waals surface area contributed by atoms with Gasteiger partial charge in [0.2, 0.25) is 21.8 Å². The van der Waals surface area contributed by atoms with Crippen LogP contribution in [0.4, 0.5) is 17.1 Å². The third kappa shape index (κ3) is 4.81. The zero-order valence-corrected chi connectivity index (χ0v) is 18.5. The van der Waals surface area contributed by atoms with Gasteiger partial charge in [-0.2, -0.15) is 0 Å². The van der Waals surface area contributed by atoms with E-state index in [2.05, 4.69) is 5.32 Å². The van der Waals surface area contributed by atoms with Crippen LogP contribution >= 0.6 is 0 Å². The quantitative estimate of drug-likeness (QED) is 0.764. The zero-order valence-electron chi connectivity index (χ0n) is 17.7. The molecule has 1 N–H and O–H groups in total. The monoisotopic (exact) mass is 429 g/mol. The summed E-state index contributed by atoms with van der Waals surface area (Å²) in [4.78, 5) is 26.5. The van der Waals surface area contributed by atoms with Crippen LogP contribution in [0.2, 0.25) is 0 Å². The first-order valence-electron chi connectivity index (χ1n) is 9.82. The molecule has 0 radical (unpaired) electrons. The minimum atomic E-state index is -3.65. The summed E-state index contributed by atoms with van der Waals surface area (Å²) in [6.07, 6.45) is 2.42. The molecule has 0 spiro atoms. The van der Waals surface area contributed by atoms with Crippen LogP contribution in [-0.2, 0) is 19.6 Å². The molecule has 30 heavy (non-hydrogen) atoms. The number of sulfonamides is 1. The number of anilines is 3. The highest BCUT2D eigenvalue weighted by Gasteiger charge is 2.24. The molecule has 2 aromatic rings. The third-order valence-corrected chi connectivity index (χ3v) is 6.46. The normalized spacial score (nSPS) is 14.1. The Kier molecular flexibility index (Phi) is 6.17. The molecule has 3 rings (SSSR count). The SMILES string of the molecule is Cc1ccc(N(CC(=O)Nc2ccc(C)c(N3CCCC3=O)c2)S(C)(=O)=O)cc1C. The number of benzene rings is 2. The lowest BCUT2D eigenvalue weighted by molar-refractivity contribution is -0.117. The first kappa shape index (κ1) is 21.8. The van der Waals surface area contributed by atoms with Crippen molar-refractivity contribution in [1.29, 1.82) is 0 Å². The van der Waals surface area contributed by atoms with Crippen molar-refractivity contribution in [3.8, 4) is 0 Å². The standard InChI is InChI=1S/C22H27N3O4S/c1-15-8-10-19(12-17(15)3)25(30(4,28)29)14-21(26)23-18-9-7-16(2)20(13-18)24-11-5-6-22(24)27/h7-10,12-13H,5-6,11,14H2,1-4H3,(H,23,26). The van der Waals surface area contributed by atoms with Crippen molar-refractivity contribution in [3.63, 3.8) is 0 Å². The van der Waals surface area contributed by atoms with Crippen molar-refractivity contribution in [2.45, 2.75) is 33.6 Å². The molecule has 0 unspecified atom stereocenters. The van der Waals surface area contributed by atoms with Crippen LogP contribution in [0.1, 0.15) is 29.5 Å². The topological polar surface area (TPSA) is 86.8 Å². The molecule has 2 aromatic carbocycles. The Morgan fingerprint density at radius 3 is 2.37 bits per heavy atom. The number of carbonyl (C=O) groups excluding carboxylic acids is 2. The van der Waals surface area contributed by atoms with E-state index in [0.29, 0.717) is 24.3 Å². The Bertz CT molecular complexity index is 1100. The molecule has 0 atom stereocenters. The molecule has 1 saturated heterocycles. The lowest BCUT2D eigenvalue weighted by Crippen LogP contribution is -2.37. The molecule has 160 valence electrons. The fraction of sp³-hybridized carbons (Fsp3) is 0.364. The molecule has 1 aliphatic heterocycles. The van der Waals surface area contributed by atoms with Gasteiger partial charge in [-0.1, -0.05) is 12.1 Å². The van der Waals surface area contributed by atoms with E-state index < -0.39 is 15.9 Å². The van der Waals surface area contributed by atoms with Gasteiger partial charge in [0, 0.05) is 24.3 Å². The van der Waals surface area contributed by atoms with Crippen LogP contribution in [0, 0.1) is 20.8 Å². The van der Waals surface area contributed by atoms with Gasteiger partial charge in [-0.15, -0.1) is 0 Å². The molecule has 1 aliphatic rings. The number of nitrogens with zero attached hydrogens (tertiary/aromatic N) is 2. The third-order valence-electron chi connectivity index (χ3n) is 5.32. The number of carbonyl (C=O) groups is 2. The molecular weight excluding hydrogens is 402 g/mol. The summed E-state index contributed by atoms with van der Waals surface area (Å²) in [7, 11) is -3.65. The van der Waals surface area contributed by atoms with E-state index in [0.717, 1.165) is 39.4 Å². The highest BCUT2D eigenvalue weighted by molar-refractivity contribution is 7.92. The highest BCUT2D eigenvalue weighted by atomic mass is 32.2. The summed E-state index contributed by atoms with van der Waals surface area (Å²) in [5.41, 5.74) is 4.66. The van der Waals surface area contributed by atoms with E-state index in [4.69, 9.17) is 0 Å². The summed E-state index contributed by atoms with van der Waals surface area (Å²) in [5.74, 6) is -0.388. The van der Waals surface area contributed by atoms with E-state index in [9.17, 15) is 18.0 Å². The molecule has 7 nitrogen and oxygen atoms in total. The molecule has 0 aliphatic carbocycles. The summed E-state index contributed by atoms with van der Waals surface area (Å²) in [5, 5.41) is 2.76. The Morgan fingerprint density at radius 2 is 1.77 bits per heavy atom. The van der Waals surface area contributed by atoms with Gasteiger partial charge in [-0.3, -0.25) is 13.9 Å². The molecule has 1 fully saturated rings. The number of rotatable bonds is 6. The number of amides is 2. The first-order chi connectivity index (χ1) is 14.1. The molecule has 0 saturated carbocycles. The summed E-state index contributed by atoms with van der Waals surface area (Å²) < 4.78 is 25.7. The lowest BCUT2D eigenvalue weighted by Gasteiger charge is -2.23. The largest absolute Gasteiger partial charge is 0.324 e. The molecule has 0 bridgehead atoms. The number of hydrogen-bond acceptors (Lipinski definition) is 4. The Morgan fingerprint density at radius 1 is 1.07 bits per heavy atom. The van der Waals surface area contributed by atoms with Gasteiger partial charge in [-0.25, -0.2) is 8.42 Å². The predicted molar refractivity (Wildman–Crippen MR) is 120 cm³/mol. The fourth-order valence-electron chi connectivity index (χ4n) is 3.49. The number of hydrogen-bond donors (Lipinski definition) is 1. The van der Waals surface area contributed by atoms with Crippen molar-refractivity contribution in [2.75, 3.05) is 33.9 Å². The van der Waals surface area contributed by atoms with E-state index >= 15 is 0 Å². The van der Waals surface area contributed by atoms with Crippen LogP contribution in [0.5, 0.6) is 0 Å². The maximum atomic E-state index is 12.7. The van der Waals surface area contributed by atoms with Gasteiger partial charge >= 0.3 is 0 Å². The summed E-state index contributed by atoms with van der Waals surface area (Å²) in [6, 6.07) is 10.6. The van der Waals surface area contributed by atoms with Crippen molar-refractivity contribution < 1.29 is 18.0 Å². The van der Waals surface area contributed by atoms with Gasteiger partial charge < -0.3 is 10.2 Å². The van der Waals surface area contributed by atoms with E-state index in [1.54, 1.807) is 29.2 Å². The van der Waals surface area contributed by atoms with E-state index in [1.165, 1.54) is 0 Å². The Balaban J connectivity index is 1.81. The van der Waals surface area contributed by atoms with Gasteiger partial charge in [0.05, 0.1) is 11.9 Å². The summed E-state index contributed by atoms with van der Waals surface area (Å²) in [6.45, 7) is 6.07. The molecule has 0 aromatic heterocycles. The maximum Gasteiger partial charge on any atom is 0.245 e. The van der Waals surface area contributed by atoms with Gasteiger partial charge in [0.25, 0.3) is 0 Å². The maximum absolute atomic E-state index is 12.7. The van der Waals surface area contributed by atoms with Gasteiger partial charge in [0.1, 0.15) is 6.54 Å². The minimum absolute atomic E-state index is 0.0690. The molecule has 8 heteroatoms. The Hall–Kier alpha value is -2.87. The fourth-order valence-corrected chi connectivity index (χ4v) is 4.34. The molecule has 1 heterocycles. The average Bonchev–Trinajstić information content (AvgIpc) is 3.08. The van der Waals surface area contributed by atoms with Gasteiger partial charge in [0.15, 0.2) is 0 Å². The minimum Gasteiger partial charge on any atom is -0.324 e. The van der Waals surface area contributed by atoms with E-state index in [1.807, 2.05) is 32.9 Å². The van der Waals surface area contributed by atoms with Crippen LogP contribution in [0.25, 0.3) is 0 Å². The lowest BCUT2D eigenvalue weighted by atomic mass is 10.1. The first-order valence-corrected chi connectivity index (χ1v) is 11.7. The average molecular weight is 430 g/mol. The predicted octanol–water partition coefficient (Wildman–Crippen LogP) is 3.14. The van der Waals surface area contributed by atoms with Crippen molar-refractivity contribution in [3.05, 3.63) is 53.1 Å². The van der Waals surface area contributed by atoms with Crippen molar-refractivity contribution in [2.24, 2.45) is 0 Å². The van der Waals surface area contributed by atoms with Gasteiger partial charge in [-0.05, 0) is 68.1 Å².